The number of rotatable bonds is 7. The van der Waals surface area contributed by atoms with Crippen LogP contribution >= 0.6 is 0 Å². The lowest BCUT2D eigenvalue weighted by Crippen LogP contribution is -2.63. The number of allylic oxidation sites excluding steroid dienone is 1. The molecule has 226 valence electrons. The molecule has 4 fully saturated rings. The molecule has 5 aliphatic rings. The predicted molar refractivity (Wildman–Crippen MR) is 157 cm³/mol. The Morgan fingerprint density at radius 2 is 2.02 bits per heavy atom. The molecular formula is C34H44N2O6. The maximum absolute atomic E-state index is 13.4. The molecule has 7 rings (SSSR count). The van der Waals surface area contributed by atoms with E-state index in [0.29, 0.717) is 6.42 Å². The quantitative estimate of drug-likeness (QED) is 0.453. The number of nitrogens with zero attached hydrogens (tertiary/aromatic N) is 2. The molecule has 2 N–H and O–H groups in total. The Bertz CT molecular complexity index is 1400. The van der Waals surface area contributed by atoms with E-state index in [4.69, 9.17) is 19.3 Å². The van der Waals surface area contributed by atoms with Crippen LogP contribution in [0.3, 0.4) is 0 Å². The first-order valence-corrected chi connectivity index (χ1v) is 15.8. The summed E-state index contributed by atoms with van der Waals surface area (Å²) in [5.74, 6) is 1.02. The van der Waals surface area contributed by atoms with Crippen molar-refractivity contribution < 1.29 is 29.2 Å². The van der Waals surface area contributed by atoms with Crippen molar-refractivity contribution in [2.24, 2.45) is 28.6 Å². The molecule has 3 saturated carbocycles. The number of fused-ring (bicyclic) bond motifs is 8. The number of Topliss-reactive ketones (excluding diaryl/α,β-unsaturated/α-hetero) is 1. The Kier molecular flexibility index (Phi) is 6.74. The molecule has 0 amide bonds. The fraction of sp³-hybridized carbons (Fsp3) is 0.647. The van der Waals surface area contributed by atoms with Crippen molar-refractivity contribution in [1.29, 1.82) is 0 Å². The van der Waals surface area contributed by atoms with Gasteiger partial charge in [0.05, 0.1) is 36.4 Å². The minimum atomic E-state index is -1.20. The van der Waals surface area contributed by atoms with Gasteiger partial charge >= 0.3 is 0 Å². The van der Waals surface area contributed by atoms with E-state index in [-0.39, 0.29) is 29.0 Å². The Morgan fingerprint density at radius 3 is 2.76 bits per heavy atom. The Labute approximate surface area is 248 Å². The molecule has 1 saturated heterocycles. The highest BCUT2D eigenvalue weighted by atomic mass is 16.7. The molecule has 0 bridgehead atoms. The van der Waals surface area contributed by atoms with Crippen LogP contribution in [0.5, 0.6) is 5.75 Å². The number of carbonyl (C=O) groups is 1. The molecule has 2 aromatic rings. The van der Waals surface area contributed by atoms with Crippen LogP contribution in [0.2, 0.25) is 0 Å². The van der Waals surface area contributed by atoms with Crippen molar-refractivity contribution in [3.05, 3.63) is 47.3 Å². The number of benzene rings is 1. The van der Waals surface area contributed by atoms with Gasteiger partial charge in [-0.05, 0) is 105 Å². The number of unbranched alkanes of at least 4 members (excludes halogenated alkanes) is 1. The monoisotopic (exact) mass is 576 g/mol. The Morgan fingerprint density at radius 1 is 1.24 bits per heavy atom. The third-order valence-electron chi connectivity index (χ3n) is 11.7. The minimum Gasteiger partial charge on any atom is -0.494 e. The maximum Gasteiger partial charge on any atom is 0.193 e. The number of aliphatic hydroxyl groups excluding tert-OH is 2. The first-order valence-electron chi connectivity index (χ1n) is 15.8. The zero-order chi connectivity index (χ0) is 29.4. The molecule has 0 radical (unpaired) electrons. The molecular weight excluding hydrogens is 532 g/mol. The van der Waals surface area contributed by atoms with Crippen molar-refractivity contribution in [2.75, 3.05) is 13.2 Å². The van der Waals surface area contributed by atoms with Gasteiger partial charge in [-0.25, -0.2) is 4.68 Å². The van der Waals surface area contributed by atoms with Crippen molar-refractivity contribution in [2.45, 2.75) is 96.7 Å². The zero-order valence-corrected chi connectivity index (χ0v) is 25.2. The molecule has 9 atom stereocenters. The van der Waals surface area contributed by atoms with E-state index >= 15 is 0 Å². The molecule has 1 unspecified atom stereocenters. The minimum absolute atomic E-state index is 0.0594. The van der Waals surface area contributed by atoms with Gasteiger partial charge in [0.1, 0.15) is 12.4 Å². The van der Waals surface area contributed by atoms with Crippen molar-refractivity contribution in [3.8, 4) is 11.4 Å². The van der Waals surface area contributed by atoms with E-state index < -0.39 is 36.1 Å². The summed E-state index contributed by atoms with van der Waals surface area (Å²) in [5, 5.41) is 26.8. The highest BCUT2D eigenvalue weighted by Gasteiger charge is 2.75. The number of hydrogen-bond donors (Lipinski definition) is 2. The Hall–Kier alpha value is -2.52. The molecule has 42 heavy (non-hydrogen) atoms. The van der Waals surface area contributed by atoms with Gasteiger partial charge < -0.3 is 24.4 Å². The third-order valence-corrected chi connectivity index (χ3v) is 11.7. The third kappa shape index (κ3) is 3.81. The lowest BCUT2D eigenvalue weighted by Gasteiger charge is -2.60. The number of ether oxygens (including phenoxy) is 3. The van der Waals surface area contributed by atoms with E-state index in [1.807, 2.05) is 29.9 Å². The van der Waals surface area contributed by atoms with Gasteiger partial charge in [0.15, 0.2) is 17.7 Å². The normalized spacial score (nSPS) is 39.9. The fourth-order valence-electron chi connectivity index (χ4n) is 9.95. The van der Waals surface area contributed by atoms with Crippen molar-refractivity contribution >= 4 is 11.9 Å². The first kappa shape index (κ1) is 28.3. The van der Waals surface area contributed by atoms with Gasteiger partial charge in [0, 0.05) is 5.41 Å². The summed E-state index contributed by atoms with van der Waals surface area (Å²) in [6, 6.07) is 8.16. The van der Waals surface area contributed by atoms with Crippen LogP contribution in [0, 0.1) is 28.6 Å². The Balaban J connectivity index is 1.19. The van der Waals surface area contributed by atoms with Crippen LogP contribution in [0.25, 0.3) is 11.8 Å². The fourth-order valence-corrected chi connectivity index (χ4v) is 9.95. The van der Waals surface area contributed by atoms with Gasteiger partial charge in [-0.15, -0.1) is 0 Å². The smallest absolute Gasteiger partial charge is 0.193 e. The van der Waals surface area contributed by atoms with Gasteiger partial charge in [0.25, 0.3) is 0 Å². The molecule has 1 aliphatic heterocycles. The topological polar surface area (TPSA) is 103 Å². The molecule has 2 heterocycles. The first-order chi connectivity index (χ1) is 20.2. The van der Waals surface area contributed by atoms with E-state index in [1.54, 1.807) is 0 Å². The number of carbonyl (C=O) groups excluding carboxylic acids is 1. The second-order valence-corrected chi connectivity index (χ2v) is 13.8. The van der Waals surface area contributed by atoms with Crippen molar-refractivity contribution in [3.63, 3.8) is 0 Å². The second kappa shape index (κ2) is 10.0. The van der Waals surface area contributed by atoms with Crippen LogP contribution < -0.4 is 4.74 Å². The van der Waals surface area contributed by atoms with Gasteiger partial charge in [-0.3, -0.25) is 4.79 Å². The standard InChI is InChI=1S/C34H44N2O6/c1-5-6-13-40-24-10-8-23(9-11-24)36-27-14-22-7-12-25-26-15-30-34(29(39)19-37,42-20(2)41-30)33(26,4)17-28(38)31(25)32(22,3)16-21(27)18-35-36/h8-11,14,18,20,25-26,28,30-31,37-38H,5-7,12-13,15-17,19H2,1-4H3/t20?,25-,26-,28-,30+,31+,32-,33-,34+/m0/s1. The van der Waals surface area contributed by atoms with E-state index in [0.717, 1.165) is 62.3 Å². The number of aromatic nitrogens is 2. The van der Waals surface area contributed by atoms with E-state index in [1.165, 1.54) is 11.1 Å². The molecule has 1 aromatic carbocycles. The summed E-state index contributed by atoms with van der Waals surface area (Å²) in [5.41, 5.74) is 2.69. The summed E-state index contributed by atoms with van der Waals surface area (Å²) in [6.07, 6.45) is 8.85. The summed E-state index contributed by atoms with van der Waals surface area (Å²) in [4.78, 5) is 13.4. The molecule has 4 aliphatic carbocycles. The number of hydrogen-bond acceptors (Lipinski definition) is 7. The average molecular weight is 577 g/mol. The highest BCUT2D eigenvalue weighted by Crippen LogP contribution is 2.70. The SMILES string of the molecule is CCCCOc1ccc(-n2ncc3c2C=C2CC[C@@H]4[C@H]([C@@H](O)C[C@@]5(C)[C@H]4C[C@H]4OC(C)O[C@]45C(=O)CO)[C@@]2(C)C3)cc1. The molecule has 8 heteroatoms. The maximum atomic E-state index is 13.4. The van der Waals surface area contributed by atoms with Crippen molar-refractivity contribution in [1.82, 2.24) is 9.78 Å². The lowest BCUT2D eigenvalue weighted by atomic mass is 9.45. The van der Waals surface area contributed by atoms with Gasteiger partial charge in [-0.1, -0.05) is 32.8 Å². The molecule has 0 spiro atoms. The van der Waals surface area contributed by atoms with E-state index in [9.17, 15) is 15.0 Å². The number of ketones is 1. The second-order valence-electron chi connectivity index (χ2n) is 13.8. The van der Waals surface area contributed by atoms with Crippen LogP contribution in [-0.2, 0) is 20.7 Å². The highest BCUT2D eigenvalue weighted by molar-refractivity contribution is 5.91. The van der Waals surface area contributed by atoms with Crippen LogP contribution in [-0.4, -0.2) is 63.1 Å². The molecule has 1 aromatic heterocycles. The molecule has 8 nitrogen and oxygen atoms in total. The van der Waals surface area contributed by atoms with E-state index in [2.05, 4.69) is 39.0 Å². The van der Waals surface area contributed by atoms with Crippen LogP contribution in [0.4, 0.5) is 0 Å². The summed E-state index contributed by atoms with van der Waals surface area (Å²) in [6.45, 7) is 8.55. The predicted octanol–water partition coefficient (Wildman–Crippen LogP) is 4.88. The summed E-state index contributed by atoms with van der Waals surface area (Å²) < 4.78 is 20.4. The summed E-state index contributed by atoms with van der Waals surface area (Å²) in [7, 11) is 0. The largest absolute Gasteiger partial charge is 0.494 e. The van der Waals surface area contributed by atoms with Crippen LogP contribution in [0.15, 0.2) is 36.0 Å². The zero-order valence-electron chi connectivity index (χ0n) is 25.2. The average Bonchev–Trinajstić information content (AvgIpc) is 3.60. The van der Waals surface area contributed by atoms with Gasteiger partial charge in [0.2, 0.25) is 0 Å². The lowest BCUT2D eigenvalue weighted by molar-refractivity contribution is -0.199. The van der Waals surface area contributed by atoms with Crippen LogP contribution in [0.1, 0.15) is 77.5 Å². The van der Waals surface area contributed by atoms with Gasteiger partial charge in [-0.2, -0.15) is 5.10 Å². The number of aliphatic hydroxyl groups is 2. The summed E-state index contributed by atoms with van der Waals surface area (Å²) >= 11 is 0.